The van der Waals surface area contributed by atoms with Crippen molar-refractivity contribution < 1.29 is 9.53 Å². The number of anilines is 1. The van der Waals surface area contributed by atoms with E-state index in [1.165, 1.54) is 11.3 Å². The highest BCUT2D eigenvalue weighted by molar-refractivity contribution is 7.13. The number of carbonyl (C=O) groups is 1. The van der Waals surface area contributed by atoms with Crippen LogP contribution in [0.2, 0.25) is 0 Å². The number of rotatable bonds is 3. The molecule has 1 aromatic carbocycles. The Labute approximate surface area is 102 Å². The largest absolute Gasteiger partial charge is 0.443 e. The standard InChI is InChI=1S/C11H11N3O2S/c12-14(10-13-6-7-17-10)11(15)16-8-9-4-2-1-3-5-9/h1-7H,8,12H2. The predicted molar refractivity (Wildman–Crippen MR) is 65.4 cm³/mol. The minimum Gasteiger partial charge on any atom is -0.443 e. The Morgan fingerprint density at radius 1 is 1.41 bits per heavy atom. The Hall–Kier alpha value is -1.92. The third-order valence-corrected chi connectivity index (χ3v) is 2.80. The first-order chi connectivity index (χ1) is 8.27. The van der Waals surface area contributed by atoms with Gasteiger partial charge in [0, 0.05) is 11.6 Å². The van der Waals surface area contributed by atoms with E-state index in [4.69, 9.17) is 10.6 Å². The minimum atomic E-state index is -0.621. The van der Waals surface area contributed by atoms with Crippen LogP contribution in [-0.2, 0) is 11.3 Å². The van der Waals surface area contributed by atoms with E-state index in [9.17, 15) is 4.79 Å². The van der Waals surface area contributed by atoms with Crippen molar-refractivity contribution in [2.75, 3.05) is 5.01 Å². The highest BCUT2D eigenvalue weighted by atomic mass is 32.1. The third-order valence-electron chi connectivity index (χ3n) is 2.03. The van der Waals surface area contributed by atoms with E-state index in [0.29, 0.717) is 5.13 Å². The van der Waals surface area contributed by atoms with Gasteiger partial charge in [-0.1, -0.05) is 30.3 Å². The van der Waals surface area contributed by atoms with Crippen LogP contribution in [0, 0.1) is 0 Å². The van der Waals surface area contributed by atoms with Crippen molar-refractivity contribution in [2.45, 2.75) is 6.61 Å². The van der Waals surface area contributed by atoms with Crippen molar-refractivity contribution in [2.24, 2.45) is 5.84 Å². The lowest BCUT2D eigenvalue weighted by atomic mass is 10.2. The molecule has 17 heavy (non-hydrogen) atoms. The van der Waals surface area contributed by atoms with Crippen molar-refractivity contribution in [1.82, 2.24) is 4.98 Å². The molecular formula is C11H11N3O2S. The van der Waals surface area contributed by atoms with Crippen LogP contribution in [0.1, 0.15) is 5.56 Å². The van der Waals surface area contributed by atoms with E-state index in [0.717, 1.165) is 10.6 Å². The smallest absolute Gasteiger partial charge is 0.431 e. The fourth-order valence-electron chi connectivity index (χ4n) is 1.20. The van der Waals surface area contributed by atoms with Gasteiger partial charge in [0.15, 0.2) is 0 Å². The second-order valence-electron chi connectivity index (χ2n) is 3.22. The molecule has 0 fully saturated rings. The summed E-state index contributed by atoms with van der Waals surface area (Å²) < 4.78 is 5.04. The second-order valence-corrected chi connectivity index (χ2v) is 4.10. The van der Waals surface area contributed by atoms with Crippen molar-refractivity contribution in [1.29, 1.82) is 0 Å². The zero-order valence-electron chi connectivity index (χ0n) is 8.95. The first kappa shape index (κ1) is 11.6. The van der Waals surface area contributed by atoms with Crippen LogP contribution in [0.3, 0.4) is 0 Å². The number of nitrogens with zero attached hydrogens (tertiary/aromatic N) is 2. The van der Waals surface area contributed by atoms with Crippen LogP contribution in [0.4, 0.5) is 9.93 Å². The summed E-state index contributed by atoms with van der Waals surface area (Å²) in [4.78, 5) is 15.5. The molecule has 0 atom stereocenters. The van der Waals surface area contributed by atoms with Gasteiger partial charge < -0.3 is 4.74 Å². The first-order valence-electron chi connectivity index (χ1n) is 4.92. The fourth-order valence-corrected chi connectivity index (χ4v) is 1.76. The van der Waals surface area contributed by atoms with Crippen molar-refractivity contribution in [3.05, 3.63) is 47.5 Å². The highest BCUT2D eigenvalue weighted by Crippen LogP contribution is 2.15. The maximum Gasteiger partial charge on any atom is 0.431 e. The molecule has 2 rings (SSSR count). The van der Waals surface area contributed by atoms with Crippen LogP contribution in [0.15, 0.2) is 41.9 Å². The van der Waals surface area contributed by atoms with Crippen LogP contribution in [0.25, 0.3) is 0 Å². The minimum absolute atomic E-state index is 0.193. The number of hydrazine groups is 1. The number of benzene rings is 1. The molecule has 2 N–H and O–H groups in total. The monoisotopic (exact) mass is 249 g/mol. The van der Waals surface area contributed by atoms with Gasteiger partial charge in [-0.25, -0.2) is 15.6 Å². The van der Waals surface area contributed by atoms with Gasteiger partial charge in [-0.3, -0.25) is 0 Å². The molecule has 0 aliphatic heterocycles. The summed E-state index contributed by atoms with van der Waals surface area (Å²) in [6.45, 7) is 0.193. The van der Waals surface area contributed by atoms with Gasteiger partial charge in [0.25, 0.3) is 0 Å². The Bertz CT molecular complexity index is 473. The summed E-state index contributed by atoms with van der Waals surface area (Å²) in [7, 11) is 0. The van der Waals surface area contributed by atoms with Gasteiger partial charge in [0.05, 0.1) is 0 Å². The summed E-state index contributed by atoms with van der Waals surface area (Å²) >= 11 is 1.27. The van der Waals surface area contributed by atoms with Gasteiger partial charge >= 0.3 is 6.09 Å². The molecule has 1 aromatic heterocycles. The lowest BCUT2D eigenvalue weighted by molar-refractivity contribution is 0.147. The van der Waals surface area contributed by atoms with Crippen LogP contribution >= 0.6 is 11.3 Å². The molecule has 6 heteroatoms. The molecular weight excluding hydrogens is 238 g/mol. The van der Waals surface area contributed by atoms with E-state index in [1.807, 2.05) is 30.3 Å². The van der Waals surface area contributed by atoms with E-state index in [1.54, 1.807) is 11.6 Å². The molecule has 5 nitrogen and oxygen atoms in total. The van der Waals surface area contributed by atoms with E-state index in [-0.39, 0.29) is 6.61 Å². The number of carbonyl (C=O) groups excluding carboxylic acids is 1. The molecule has 1 amide bonds. The number of hydrogen-bond donors (Lipinski definition) is 1. The zero-order valence-corrected chi connectivity index (χ0v) is 9.76. The van der Waals surface area contributed by atoms with E-state index in [2.05, 4.69) is 4.98 Å². The summed E-state index contributed by atoms with van der Waals surface area (Å²) in [6, 6.07) is 9.40. The third kappa shape index (κ3) is 3.02. The molecule has 1 heterocycles. The fraction of sp³-hybridized carbons (Fsp3) is 0.0909. The van der Waals surface area contributed by atoms with Crippen LogP contribution in [-0.4, -0.2) is 11.1 Å². The maximum atomic E-state index is 11.6. The molecule has 88 valence electrons. The molecule has 0 unspecified atom stereocenters. The maximum absolute atomic E-state index is 11.6. The lowest BCUT2D eigenvalue weighted by Crippen LogP contribution is -2.37. The van der Waals surface area contributed by atoms with Gasteiger partial charge in [-0.05, 0) is 5.56 Å². The number of aromatic nitrogens is 1. The van der Waals surface area contributed by atoms with Gasteiger partial charge in [0.1, 0.15) is 6.61 Å². The average molecular weight is 249 g/mol. The molecule has 0 aliphatic carbocycles. The Morgan fingerprint density at radius 2 is 2.18 bits per heavy atom. The van der Waals surface area contributed by atoms with Crippen molar-refractivity contribution >= 4 is 22.6 Å². The van der Waals surface area contributed by atoms with Gasteiger partial charge in [-0.15, -0.1) is 11.3 Å². The number of amides is 1. The highest BCUT2D eigenvalue weighted by Gasteiger charge is 2.15. The SMILES string of the molecule is NN(C(=O)OCc1ccccc1)c1nccs1. The zero-order chi connectivity index (χ0) is 12.1. The normalized spacial score (nSPS) is 9.94. The first-order valence-corrected chi connectivity index (χ1v) is 5.80. The van der Waals surface area contributed by atoms with E-state index >= 15 is 0 Å². The Kier molecular flexibility index (Phi) is 3.69. The van der Waals surface area contributed by atoms with Crippen molar-refractivity contribution in [3.8, 4) is 0 Å². The molecule has 0 aliphatic rings. The van der Waals surface area contributed by atoms with Crippen LogP contribution in [0.5, 0.6) is 0 Å². The summed E-state index contributed by atoms with van der Waals surface area (Å²) in [6.07, 6.45) is 0.952. The summed E-state index contributed by atoms with van der Waals surface area (Å²) in [5, 5.41) is 3.04. The van der Waals surface area contributed by atoms with Crippen molar-refractivity contribution in [3.63, 3.8) is 0 Å². The molecule has 0 spiro atoms. The quantitative estimate of drug-likeness (QED) is 0.514. The summed E-state index contributed by atoms with van der Waals surface area (Å²) in [5.41, 5.74) is 0.911. The Morgan fingerprint density at radius 3 is 2.82 bits per heavy atom. The molecule has 0 bridgehead atoms. The van der Waals surface area contributed by atoms with E-state index < -0.39 is 6.09 Å². The average Bonchev–Trinajstić information content (AvgIpc) is 2.90. The number of hydrogen-bond acceptors (Lipinski definition) is 5. The van der Waals surface area contributed by atoms with Gasteiger partial charge in [-0.2, -0.15) is 5.01 Å². The molecule has 2 aromatic rings. The van der Waals surface area contributed by atoms with Crippen LogP contribution < -0.4 is 10.9 Å². The molecule has 0 saturated carbocycles. The second kappa shape index (κ2) is 5.42. The Balaban J connectivity index is 1.90. The van der Waals surface area contributed by atoms with Gasteiger partial charge in [0.2, 0.25) is 5.13 Å². The number of ether oxygens (including phenoxy) is 1. The predicted octanol–water partition coefficient (Wildman–Crippen LogP) is 2.16. The molecule has 0 radical (unpaired) electrons. The number of nitrogens with two attached hydrogens (primary N) is 1. The lowest BCUT2D eigenvalue weighted by Gasteiger charge is -2.12. The summed E-state index contributed by atoms with van der Waals surface area (Å²) in [5.74, 6) is 5.55. The number of thiazole rings is 1. The topological polar surface area (TPSA) is 68.5 Å². The molecule has 0 saturated heterocycles.